The number of aliphatic hydroxyl groups is 1. The van der Waals surface area contributed by atoms with Crippen molar-refractivity contribution in [1.29, 1.82) is 0 Å². The molecule has 0 aromatic rings. The summed E-state index contributed by atoms with van der Waals surface area (Å²) < 4.78 is 34.6. The minimum atomic E-state index is -4.34. The molecule has 0 saturated carbocycles. The summed E-state index contributed by atoms with van der Waals surface area (Å²) in [7, 11) is 1.52. The average molecular weight is 835 g/mol. The number of likely N-dealkylation sites (N-methyl/N-ethyl adjacent to an activating group) is 1. The van der Waals surface area contributed by atoms with Crippen molar-refractivity contribution in [2.45, 2.75) is 167 Å². The van der Waals surface area contributed by atoms with Crippen LogP contribution in [0.15, 0.2) is 85.3 Å². The fourth-order valence-corrected chi connectivity index (χ4v) is 6.37. The van der Waals surface area contributed by atoms with Gasteiger partial charge in [0.2, 0.25) is 0 Å². The van der Waals surface area contributed by atoms with Gasteiger partial charge in [-0.25, -0.2) is 4.57 Å². The molecule has 58 heavy (non-hydrogen) atoms. The van der Waals surface area contributed by atoms with Crippen molar-refractivity contribution in [3.05, 3.63) is 85.3 Å². The number of unbranched alkanes of at least 4 members (excludes halogenated alkanes) is 14. The van der Waals surface area contributed by atoms with Crippen LogP contribution in [0.5, 0.6) is 0 Å². The average Bonchev–Trinajstić information content (AvgIpc) is 3.17. The predicted molar refractivity (Wildman–Crippen MR) is 243 cm³/mol. The van der Waals surface area contributed by atoms with Crippen molar-refractivity contribution in [2.75, 3.05) is 47.5 Å². The number of esters is 1. The zero-order valence-corrected chi connectivity index (χ0v) is 38.3. The number of ether oxygens (including phenoxy) is 2. The van der Waals surface area contributed by atoms with E-state index in [9.17, 15) is 19.4 Å². The van der Waals surface area contributed by atoms with Crippen LogP contribution >= 0.6 is 7.82 Å². The van der Waals surface area contributed by atoms with Gasteiger partial charge in [0.15, 0.2) is 6.10 Å². The number of hydrogen-bond donors (Lipinski definition) is 2. The third-order valence-electron chi connectivity index (χ3n) is 9.13. The van der Waals surface area contributed by atoms with Crippen LogP contribution in [0.4, 0.5) is 0 Å². The molecule has 10 heteroatoms. The Morgan fingerprint density at radius 1 is 0.655 bits per heavy atom. The Morgan fingerprint density at radius 3 is 1.81 bits per heavy atom. The van der Waals surface area contributed by atoms with Gasteiger partial charge in [0.1, 0.15) is 19.8 Å². The van der Waals surface area contributed by atoms with E-state index in [4.69, 9.17) is 18.5 Å². The highest BCUT2D eigenvalue weighted by molar-refractivity contribution is 7.47. The summed E-state index contributed by atoms with van der Waals surface area (Å²) in [4.78, 5) is 22.9. The smallest absolute Gasteiger partial charge is 0.472 e. The zero-order chi connectivity index (χ0) is 42.8. The fourth-order valence-electron chi connectivity index (χ4n) is 5.63. The van der Waals surface area contributed by atoms with Crippen LogP contribution in [0.3, 0.4) is 0 Å². The number of rotatable bonds is 40. The number of allylic oxidation sites excluding steroid dienone is 11. The lowest BCUT2D eigenvalue weighted by Gasteiger charge is -2.24. The molecule has 0 radical (unpaired) electrons. The molecule has 0 heterocycles. The molecule has 0 spiro atoms. The molecule has 0 fully saturated rings. The van der Waals surface area contributed by atoms with E-state index in [0.29, 0.717) is 23.9 Å². The lowest BCUT2D eigenvalue weighted by molar-refractivity contribution is -0.870. The van der Waals surface area contributed by atoms with Gasteiger partial charge in [0, 0.05) is 6.42 Å². The Labute approximate surface area is 355 Å². The molecule has 3 atom stereocenters. The van der Waals surface area contributed by atoms with Gasteiger partial charge in [-0.05, 0) is 57.4 Å². The van der Waals surface area contributed by atoms with E-state index in [1.54, 1.807) is 12.3 Å². The summed E-state index contributed by atoms with van der Waals surface area (Å²) in [6, 6.07) is 0. The highest BCUT2D eigenvalue weighted by Crippen LogP contribution is 2.43. The van der Waals surface area contributed by atoms with Crippen LogP contribution in [0.1, 0.15) is 155 Å². The topological polar surface area (TPSA) is 112 Å². The number of phosphoric acid groups is 1. The Kier molecular flexibility index (Phi) is 38.2. The van der Waals surface area contributed by atoms with Gasteiger partial charge >= 0.3 is 13.8 Å². The van der Waals surface area contributed by atoms with E-state index in [2.05, 4.69) is 50.3 Å². The van der Waals surface area contributed by atoms with Crippen molar-refractivity contribution < 1.29 is 42.4 Å². The van der Waals surface area contributed by atoms with Crippen LogP contribution in [-0.2, 0) is 27.9 Å². The van der Waals surface area contributed by atoms with E-state index in [1.165, 1.54) is 83.5 Å². The second-order valence-electron chi connectivity index (χ2n) is 16.0. The lowest BCUT2D eigenvalue weighted by Crippen LogP contribution is -2.37. The number of phosphoric ester groups is 1. The monoisotopic (exact) mass is 835 g/mol. The van der Waals surface area contributed by atoms with Crippen LogP contribution in [0.25, 0.3) is 0 Å². The van der Waals surface area contributed by atoms with E-state index in [1.807, 2.05) is 57.6 Å². The van der Waals surface area contributed by atoms with Gasteiger partial charge in [-0.1, -0.05) is 170 Å². The first-order valence-electron chi connectivity index (χ1n) is 22.5. The third kappa shape index (κ3) is 43.1. The van der Waals surface area contributed by atoms with Gasteiger partial charge in [-0.2, -0.15) is 0 Å². The summed E-state index contributed by atoms with van der Waals surface area (Å²) >= 11 is 0. The molecular formula is C48H85NO8P+. The minimum Gasteiger partial charge on any atom is -0.498 e. The number of carbonyl (C=O) groups excluding carboxylic acids is 1. The Hall–Kier alpha value is -2.52. The van der Waals surface area contributed by atoms with Crippen molar-refractivity contribution in [2.24, 2.45) is 0 Å². The summed E-state index contributed by atoms with van der Waals surface area (Å²) in [5, 5.41) is 10.2. The molecule has 0 aromatic heterocycles. The van der Waals surface area contributed by atoms with Crippen molar-refractivity contribution in [3.8, 4) is 0 Å². The van der Waals surface area contributed by atoms with Crippen LogP contribution in [0.2, 0.25) is 0 Å². The zero-order valence-electron chi connectivity index (χ0n) is 37.4. The van der Waals surface area contributed by atoms with Gasteiger partial charge < -0.3 is 24.0 Å². The molecule has 2 N–H and O–H groups in total. The Morgan fingerprint density at radius 2 is 1.22 bits per heavy atom. The predicted octanol–water partition coefficient (Wildman–Crippen LogP) is 12.6. The standard InChI is InChI=1S/C48H84NO8P/c1-6-8-10-12-14-16-18-20-21-22-24-26-28-30-32-37-42-54-44-47(45-56-58(52,53)55-43-41-49(3,4)5)57-48(51)40-36-33-35-39-46(50)38-34-31-29-27-25-23-19-17-15-13-11-9-7-2/h9,11,15,17,23,25,29,31,33-35,37-38,42,46-47,50H,6-8,10,12-14,16,18-22,24,26-28,30,32,36,39-41,43-45H2,1-5H3/p+1/b11-9-,17-15-,25-23-,31-29-,35-33-,38-34-,42-37+/t46?,47-/m1/s1. The maximum atomic E-state index is 12.7. The molecule has 0 aliphatic rings. The second-order valence-corrected chi connectivity index (χ2v) is 17.4. The fraction of sp³-hybridized carbons (Fsp3) is 0.688. The number of hydrogen-bond acceptors (Lipinski definition) is 7. The number of carbonyl (C=O) groups is 1. The summed E-state index contributed by atoms with van der Waals surface area (Å²) in [6.07, 6.45) is 50.3. The van der Waals surface area contributed by atoms with Gasteiger partial charge in [0.05, 0.1) is 40.1 Å². The maximum absolute atomic E-state index is 12.7. The highest BCUT2D eigenvalue weighted by atomic mass is 31.2. The molecule has 0 aliphatic carbocycles. The Balaban J connectivity index is 4.52. The van der Waals surface area contributed by atoms with E-state index >= 15 is 0 Å². The third-order valence-corrected chi connectivity index (χ3v) is 10.1. The quantitative estimate of drug-likeness (QED) is 0.0119. The molecule has 9 nitrogen and oxygen atoms in total. The summed E-state index contributed by atoms with van der Waals surface area (Å²) in [6.45, 7) is 4.60. The molecule has 0 bridgehead atoms. The molecule has 2 unspecified atom stereocenters. The molecule has 0 saturated heterocycles. The first kappa shape index (κ1) is 55.5. The summed E-state index contributed by atoms with van der Waals surface area (Å²) in [5.74, 6) is -0.480. The van der Waals surface area contributed by atoms with Crippen molar-refractivity contribution >= 4 is 13.8 Å². The molecular weight excluding hydrogens is 750 g/mol. The number of nitrogens with zero attached hydrogens (tertiary/aromatic N) is 1. The first-order valence-corrected chi connectivity index (χ1v) is 24.0. The van der Waals surface area contributed by atoms with Crippen LogP contribution in [0, 0.1) is 0 Å². The molecule has 334 valence electrons. The van der Waals surface area contributed by atoms with E-state index in [-0.39, 0.29) is 26.2 Å². The maximum Gasteiger partial charge on any atom is 0.472 e. The second kappa shape index (κ2) is 39.9. The highest BCUT2D eigenvalue weighted by Gasteiger charge is 2.26. The van der Waals surface area contributed by atoms with Crippen molar-refractivity contribution in [1.82, 2.24) is 0 Å². The Bertz CT molecular complexity index is 1220. The van der Waals surface area contributed by atoms with Gasteiger partial charge in [0.25, 0.3) is 0 Å². The lowest BCUT2D eigenvalue weighted by atomic mass is 10.0. The normalized spacial score (nSPS) is 15.0. The van der Waals surface area contributed by atoms with Crippen LogP contribution in [-0.4, -0.2) is 80.2 Å². The van der Waals surface area contributed by atoms with Gasteiger partial charge in [-0.15, -0.1) is 0 Å². The van der Waals surface area contributed by atoms with Crippen LogP contribution < -0.4 is 0 Å². The number of aliphatic hydroxyl groups excluding tert-OH is 1. The summed E-state index contributed by atoms with van der Waals surface area (Å²) in [5.41, 5.74) is 0. The molecule has 0 amide bonds. The SMILES string of the molecule is CC/C=C\C/C=C\C/C=C\C/C=C\C=C/C(O)C/C=C\CCC(=O)O[C@H](CO/C=C/CCCCCCCCCCCCCCCC)COP(=O)(O)OCC[N+](C)(C)C. The number of quaternary nitrogens is 1. The largest absolute Gasteiger partial charge is 0.498 e. The van der Waals surface area contributed by atoms with Gasteiger partial charge in [-0.3, -0.25) is 13.8 Å². The van der Waals surface area contributed by atoms with Crippen molar-refractivity contribution in [3.63, 3.8) is 0 Å². The molecule has 0 rings (SSSR count). The van der Waals surface area contributed by atoms with E-state index < -0.39 is 26.0 Å². The first-order chi connectivity index (χ1) is 28.0. The van der Waals surface area contributed by atoms with E-state index in [0.717, 1.165) is 38.5 Å². The molecule has 0 aromatic carbocycles. The molecule has 0 aliphatic heterocycles. The minimum absolute atomic E-state index is 0.0203.